The molecule has 4 nitrogen and oxygen atoms in total. The molecular formula is C14H20N2O2. The molecule has 2 N–H and O–H groups in total. The van der Waals surface area contributed by atoms with Crippen LogP contribution in [0.3, 0.4) is 0 Å². The molecule has 2 rings (SSSR count). The highest BCUT2D eigenvalue weighted by molar-refractivity contribution is 5.67. The summed E-state index contributed by atoms with van der Waals surface area (Å²) in [5.41, 5.74) is 2.22. The maximum absolute atomic E-state index is 11.6. The van der Waals surface area contributed by atoms with Crippen LogP contribution in [-0.2, 0) is 11.3 Å². The van der Waals surface area contributed by atoms with Gasteiger partial charge in [0.05, 0.1) is 0 Å². The molecule has 98 valence electrons. The molecule has 1 heterocycles. The van der Waals surface area contributed by atoms with Crippen molar-refractivity contribution >= 4 is 6.09 Å². The number of benzene rings is 1. The number of hydrogen-bond acceptors (Lipinski definition) is 3. The molecule has 1 aliphatic rings. The molecule has 0 saturated carbocycles. The maximum Gasteiger partial charge on any atom is 0.407 e. The van der Waals surface area contributed by atoms with Crippen LogP contribution in [0.15, 0.2) is 24.3 Å². The van der Waals surface area contributed by atoms with Crippen molar-refractivity contribution in [3.05, 3.63) is 35.4 Å². The van der Waals surface area contributed by atoms with Gasteiger partial charge < -0.3 is 15.4 Å². The van der Waals surface area contributed by atoms with E-state index in [-0.39, 0.29) is 12.1 Å². The van der Waals surface area contributed by atoms with E-state index in [9.17, 15) is 4.79 Å². The first-order chi connectivity index (χ1) is 8.74. The first kappa shape index (κ1) is 12.9. The van der Waals surface area contributed by atoms with Crippen molar-refractivity contribution < 1.29 is 9.53 Å². The van der Waals surface area contributed by atoms with Crippen LogP contribution in [0.25, 0.3) is 0 Å². The van der Waals surface area contributed by atoms with E-state index in [1.165, 1.54) is 5.56 Å². The van der Waals surface area contributed by atoms with Crippen molar-refractivity contribution in [2.45, 2.75) is 32.4 Å². The van der Waals surface area contributed by atoms with Crippen LogP contribution in [0.2, 0.25) is 0 Å². The fourth-order valence-corrected chi connectivity index (χ4v) is 2.01. The van der Waals surface area contributed by atoms with E-state index in [4.69, 9.17) is 4.74 Å². The number of nitrogens with one attached hydrogen (secondary N) is 2. The third kappa shape index (κ3) is 4.04. The Morgan fingerprint density at radius 1 is 1.33 bits per heavy atom. The lowest BCUT2D eigenvalue weighted by atomic mass is 10.1. The molecule has 1 aliphatic heterocycles. The molecule has 4 heteroatoms. The summed E-state index contributed by atoms with van der Waals surface area (Å²) in [7, 11) is 0. The van der Waals surface area contributed by atoms with E-state index in [1.807, 2.05) is 31.2 Å². The van der Waals surface area contributed by atoms with Gasteiger partial charge in [-0.25, -0.2) is 4.79 Å². The lowest BCUT2D eigenvalue weighted by Crippen LogP contribution is -2.42. The quantitative estimate of drug-likeness (QED) is 0.860. The van der Waals surface area contributed by atoms with Crippen molar-refractivity contribution in [2.75, 3.05) is 13.1 Å². The fourth-order valence-electron chi connectivity index (χ4n) is 2.01. The van der Waals surface area contributed by atoms with Crippen LogP contribution in [-0.4, -0.2) is 25.2 Å². The van der Waals surface area contributed by atoms with E-state index in [2.05, 4.69) is 10.6 Å². The maximum atomic E-state index is 11.6. The van der Waals surface area contributed by atoms with Gasteiger partial charge in [0.2, 0.25) is 0 Å². The van der Waals surface area contributed by atoms with Crippen LogP contribution < -0.4 is 10.6 Å². The number of amides is 1. The predicted molar refractivity (Wildman–Crippen MR) is 70.4 cm³/mol. The summed E-state index contributed by atoms with van der Waals surface area (Å²) in [6.07, 6.45) is 1.63. The number of carbonyl (C=O) groups is 1. The number of ether oxygens (including phenoxy) is 1. The Labute approximate surface area is 108 Å². The number of rotatable bonds is 3. The summed E-state index contributed by atoms with van der Waals surface area (Å²) in [6.45, 7) is 4.29. The smallest absolute Gasteiger partial charge is 0.407 e. The Morgan fingerprint density at radius 3 is 2.67 bits per heavy atom. The van der Waals surface area contributed by atoms with E-state index in [1.54, 1.807) is 0 Å². The summed E-state index contributed by atoms with van der Waals surface area (Å²) in [6, 6.07) is 8.24. The molecule has 0 aliphatic carbocycles. The van der Waals surface area contributed by atoms with Crippen LogP contribution >= 0.6 is 0 Å². The molecular weight excluding hydrogens is 228 g/mol. The van der Waals surface area contributed by atoms with Crippen LogP contribution in [0.4, 0.5) is 4.79 Å². The number of hydrogen-bond donors (Lipinski definition) is 2. The minimum absolute atomic E-state index is 0.247. The SMILES string of the molecule is Cc1ccc(COC(=O)NC2CCNCC2)cc1. The van der Waals surface area contributed by atoms with Crippen molar-refractivity contribution in [1.29, 1.82) is 0 Å². The Kier molecular flexibility index (Phi) is 4.59. The van der Waals surface area contributed by atoms with Crippen LogP contribution in [0.5, 0.6) is 0 Å². The lowest BCUT2D eigenvalue weighted by molar-refractivity contribution is 0.133. The van der Waals surface area contributed by atoms with Gasteiger partial charge in [0.15, 0.2) is 0 Å². The molecule has 1 fully saturated rings. The number of aryl methyl sites for hydroxylation is 1. The van der Waals surface area contributed by atoms with Gasteiger partial charge in [0.1, 0.15) is 6.61 Å². The zero-order chi connectivity index (χ0) is 12.8. The largest absolute Gasteiger partial charge is 0.445 e. The van der Waals surface area contributed by atoms with Gasteiger partial charge in [-0.3, -0.25) is 0 Å². The van der Waals surface area contributed by atoms with Gasteiger partial charge in [-0.15, -0.1) is 0 Å². The minimum Gasteiger partial charge on any atom is -0.445 e. The Morgan fingerprint density at radius 2 is 2.00 bits per heavy atom. The fraction of sp³-hybridized carbons (Fsp3) is 0.500. The van der Waals surface area contributed by atoms with Crippen LogP contribution in [0, 0.1) is 6.92 Å². The highest BCUT2D eigenvalue weighted by atomic mass is 16.5. The first-order valence-electron chi connectivity index (χ1n) is 6.43. The summed E-state index contributed by atoms with van der Waals surface area (Å²) >= 11 is 0. The van der Waals surface area contributed by atoms with Gasteiger partial charge in [-0.2, -0.15) is 0 Å². The first-order valence-corrected chi connectivity index (χ1v) is 6.43. The zero-order valence-corrected chi connectivity index (χ0v) is 10.7. The van der Waals surface area contributed by atoms with Crippen LogP contribution in [0.1, 0.15) is 24.0 Å². The number of piperidine rings is 1. The highest BCUT2D eigenvalue weighted by Gasteiger charge is 2.15. The molecule has 0 atom stereocenters. The highest BCUT2D eigenvalue weighted by Crippen LogP contribution is 2.06. The molecule has 1 aromatic rings. The molecule has 1 aromatic carbocycles. The van der Waals surface area contributed by atoms with E-state index < -0.39 is 0 Å². The predicted octanol–water partition coefficient (Wildman–Crippen LogP) is 1.97. The minimum atomic E-state index is -0.317. The van der Waals surface area contributed by atoms with Gasteiger partial charge >= 0.3 is 6.09 Å². The Balaban J connectivity index is 1.72. The number of alkyl carbamates (subject to hydrolysis) is 1. The average molecular weight is 248 g/mol. The molecule has 0 spiro atoms. The summed E-state index contributed by atoms with van der Waals surface area (Å²) in [5.74, 6) is 0. The molecule has 0 radical (unpaired) electrons. The third-order valence-electron chi connectivity index (χ3n) is 3.15. The Bertz CT molecular complexity index is 383. The van der Waals surface area contributed by atoms with Crippen molar-refractivity contribution in [3.63, 3.8) is 0 Å². The van der Waals surface area contributed by atoms with E-state index >= 15 is 0 Å². The second-order valence-corrected chi connectivity index (χ2v) is 4.73. The van der Waals surface area contributed by atoms with Gasteiger partial charge in [0, 0.05) is 6.04 Å². The van der Waals surface area contributed by atoms with E-state index in [0.717, 1.165) is 31.5 Å². The van der Waals surface area contributed by atoms with Crippen molar-refractivity contribution in [3.8, 4) is 0 Å². The summed E-state index contributed by atoms with van der Waals surface area (Å²) in [4.78, 5) is 11.6. The molecule has 1 amide bonds. The summed E-state index contributed by atoms with van der Waals surface area (Å²) in [5, 5.41) is 6.16. The standard InChI is InChI=1S/C14H20N2O2/c1-11-2-4-12(5-3-11)10-18-14(17)16-13-6-8-15-9-7-13/h2-5,13,15H,6-10H2,1H3,(H,16,17). The van der Waals surface area contributed by atoms with Crippen molar-refractivity contribution in [1.82, 2.24) is 10.6 Å². The average Bonchev–Trinajstić information content (AvgIpc) is 2.39. The molecule has 1 saturated heterocycles. The topological polar surface area (TPSA) is 50.4 Å². The molecule has 0 aromatic heterocycles. The lowest BCUT2D eigenvalue weighted by Gasteiger charge is -2.23. The zero-order valence-electron chi connectivity index (χ0n) is 10.7. The van der Waals surface area contributed by atoms with Gasteiger partial charge in [-0.05, 0) is 38.4 Å². The second-order valence-electron chi connectivity index (χ2n) is 4.73. The summed E-state index contributed by atoms with van der Waals surface area (Å²) < 4.78 is 5.20. The van der Waals surface area contributed by atoms with Crippen molar-refractivity contribution in [2.24, 2.45) is 0 Å². The molecule has 0 unspecified atom stereocenters. The van der Waals surface area contributed by atoms with Gasteiger partial charge in [-0.1, -0.05) is 29.8 Å². The molecule has 0 bridgehead atoms. The molecule has 18 heavy (non-hydrogen) atoms. The third-order valence-corrected chi connectivity index (χ3v) is 3.15. The normalized spacial score (nSPS) is 16.3. The van der Waals surface area contributed by atoms with E-state index in [0.29, 0.717) is 6.61 Å². The van der Waals surface area contributed by atoms with Gasteiger partial charge in [0.25, 0.3) is 0 Å². The second kappa shape index (κ2) is 6.40. The monoisotopic (exact) mass is 248 g/mol. The number of carbonyl (C=O) groups excluding carboxylic acids is 1. The Hall–Kier alpha value is -1.55.